The van der Waals surface area contributed by atoms with Gasteiger partial charge in [-0.25, -0.2) is 0 Å². The Morgan fingerprint density at radius 2 is 1.88 bits per heavy atom. The van der Waals surface area contributed by atoms with Gasteiger partial charge in [-0.1, -0.05) is 41.4 Å². The van der Waals surface area contributed by atoms with Crippen LogP contribution in [0.5, 0.6) is 5.75 Å². The number of carboxylic acids is 1. The van der Waals surface area contributed by atoms with Crippen LogP contribution in [0.1, 0.15) is 17.2 Å². The first-order valence-electron chi connectivity index (χ1n) is 8.24. The summed E-state index contributed by atoms with van der Waals surface area (Å²) in [5.41, 5.74) is 1.74. The SMILES string of the molecule is O=C(O)CN1CCO[C@H](c2ccc(OCc3c(Cl)cccc3Cl)cc2)C1. The standard InChI is InChI=1S/C19H19Cl2NO4/c20-16-2-1-3-17(21)15(16)12-26-14-6-4-13(5-7-14)18-10-22(8-9-25-18)11-19(23)24/h1-7,18H,8-12H2,(H,23,24)/t18-/m0/s1. The van der Waals surface area contributed by atoms with Gasteiger partial charge in [0, 0.05) is 28.7 Å². The Bertz CT molecular complexity index is 746. The number of hydrogen-bond acceptors (Lipinski definition) is 4. The highest BCUT2D eigenvalue weighted by Crippen LogP contribution is 2.27. The minimum absolute atomic E-state index is 0.0274. The van der Waals surface area contributed by atoms with Crippen LogP contribution >= 0.6 is 23.2 Å². The van der Waals surface area contributed by atoms with Crippen molar-refractivity contribution in [3.05, 3.63) is 63.6 Å². The maximum Gasteiger partial charge on any atom is 0.317 e. The van der Waals surface area contributed by atoms with Crippen LogP contribution in [-0.2, 0) is 16.1 Å². The maximum atomic E-state index is 10.9. The summed E-state index contributed by atoms with van der Waals surface area (Å²) in [7, 11) is 0. The average molecular weight is 396 g/mol. The quantitative estimate of drug-likeness (QED) is 0.799. The minimum atomic E-state index is -0.826. The van der Waals surface area contributed by atoms with Crippen molar-refractivity contribution < 1.29 is 19.4 Å². The molecule has 0 aromatic heterocycles. The molecule has 1 saturated heterocycles. The van der Waals surface area contributed by atoms with Crippen LogP contribution in [0.25, 0.3) is 0 Å². The Labute approximate surface area is 162 Å². The van der Waals surface area contributed by atoms with Crippen molar-refractivity contribution in [2.75, 3.05) is 26.2 Å². The van der Waals surface area contributed by atoms with Crippen molar-refractivity contribution >= 4 is 29.2 Å². The number of hydrogen-bond donors (Lipinski definition) is 1. The zero-order chi connectivity index (χ0) is 18.5. The summed E-state index contributed by atoms with van der Waals surface area (Å²) >= 11 is 12.3. The minimum Gasteiger partial charge on any atom is -0.489 e. The van der Waals surface area contributed by atoms with Crippen molar-refractivity contribution in [2.45, 2.75) is 12.7 Å². The molecule has 0 unspecified atom stereocenters. The molecule has 1 aliphatic heterocycles. The van der Waals surface area contributed by atoms with E-state index in [9.17, 15) is 4.79 Å². The number of benzene rings is 2. The average Bonchev–Trinajstić information content (AvgIpc) is 2.61. The van der Waals surface area contributed by atoms with Gasteiger partial charge in [-0.3, -0.25) is 9.69 Å². The van der Waals surface area contributed by atoms with Gasteiger partial charge < -0.3 is 14.6 Å². The summed E-state index contributed by atoms with van der Waals surface area (Å²) in [6.07, 6.45) is -0.143. The lowest BCUT2D eigenvalue weighted by molar-refractivity contribution is -0.140. The van der Waals surface area contributed by atoms with Crippen LogP contribution in [0, 0.1) is 0 Å². The molecule has 0 spiro atoms. The van der Waals surface area contributed by atoms with E-state index in [2.05, 4.69) is 0 Å². The van der Waals surface area contributed by atoms with E-state index in [1.54, 1.807) is 18.2 Å². The van der Waals surface area contributed by atoms with Crippen molar-refractivity contribution in [1.82, 2.24) is 4.90 Å². The predicted octanol–water partition coefficient (Wildman–Crippen LogP) is 4.03. The second-order valence-corrected chi connectivity index (χ2v) is 6.86. The van der Waals surface area contributed by atoms with Gasteiger partial charge in [-0.15, -0.1) is 0 Å². The fraction of sp³-hybridized carbons (Fsp3) is 0.316. The molecule has 26 heavy (non-hydrogen) atoms. The van der Waals surface area contributed by atoms with Gasteiger partial charge >= 0.3 is 5.97 Å². The predicted molar refractivity (Wildman–Crippen MR) is 100 cm³/mol. The molecule has 0 bridgehead atoms. The van der Waals surface area contributed by atoms with Gasteiger partial charge in [0.2, 0.25) is 0 Å². The van der Waals surface area contributed by atoms with Gasteiger partial charge in [0.15, 0.2) is 0 Å². The molecule has 1 atom stereocenters. The molecular weight excluding hydrogens is 377 g/mol. The van der Waals surface area contributed by atoms with Gasteiger partial charge in [0.1, 0.15) is 12.4 Å². The number of aliphatic carboxylic acids is 1. The summed E-state index contributed by atoms with van der Waals surface area (Å²) in [4.78, 5) is 12.7. The Balaban J connectivity index is 1.60. The number of nitrogens with zero attached hydrogens (tertiary/aromatic N) is 1. The number of morpholine rings is 1. The lowest BCUT2D eigenvalue weighted by Gasteiger charge is -2.32. The molecule has 0 saturated carbocycles. The molecule has 7 heteroatoms. The molecule has 1 N–H and O–H groups in total. The molecule has 3 rings (SSSR count). The van der Waals surface area contributed by atoms with E-state index in [0.717, 1.165) is 11.1 Å². The first-order chi connectivity index (χ1) is 12.5. The summed E-state index contributed by atoms with van der Waals surface area (Å²) in [6.45, 7) is 2.01. The Morgan fingerprint density at radius 3 is 2.54 bits per heavy atom. The fourth-order valence-electron chi connectivity index (χ4n) is 2.84. The van der Waals surface area contributed by atoms with Gasteiger partial charge in [-0.05, 0) is 29.8 Å². The second-order valence-electron chi connectivity index (χ2n) is 6.05. The number of carbonyl (C=O) groups is 1. The van der Waals surface area contributed by atoms with E-state index >= 15 is 0 Å². The van der Waals surface area contributed by atoms with Crippen LogP contribution in [0.2, 0.25) is 10.0 Å². The first kappa shape index (κ1) is 19.0. The third-order valence-electron chi connectivity index (χ3n) is 4.21. The van der Waals surface area contributed by atoms with Crippen LogP contribution < -0.4 is 4.74 Å². The fourth-order valence-corrected chi connectivity index (χ4v) is 3.35. The summed E-state index contributed by atoms with van der Waals surface area (Å²) in [5, 5.41) is 10.1. The highest BCUT2D eigenvalue weighted by atomic mass is 35.5. The third kappa shape index (κ3) is 4.89. The molecule has 1 heterocycles. The first-order valence-corrected chi connectivity index (χ1v) is 9.00. The maximum absolute atomic E-state index is 10.9. The monoisotopic (exact) mass is 395 g/mol. The van der Waals surface area contributed by atoms with Crippen molar-refractivity contribution in [3.63, 3.8) is 0 Å². The van der Waals surface area contributed by atoms with Crippen molar-refractivity contribution in [3.8, 4) is 5.75 Å². The lowest BCUT2D eigenvalue weighted by atomic mass is 10.1. The topological polar surface area (TPSA) is 59.0 Å². The molecule has 0 amide bonds. The van der Waals surface area contributed by atoms with E-state index in [4.69, 9.17) is 37.8 Å². The summed E-state index contributed by atoms with van der Waals surface area (Å²) in [5.74, 6) is -0.129. The highest BCUT2D eigenvalue weighted by Gasteiger charge is 2.23. The Morgan fingerprint density at radius 1 is 1.19 bits per heavy atom. The normalized spacial score (nSPS) is 17.8. The van der Waals surface area contributed by atoms with Crippen molar-refractivity contribution in [2.24, 2.45) is 0 Å². The molecule has 0 aliphatic carbocycles. The van der Waals surface area contributed by atoms with Gasteiger partial charge in [-0.2, -0.15) is 0 Å². The Hall–Kier alpha value is -1.79. The second kappa shape index (κ2) is 8.73. The third-order valence-corrected chi connectivity index (χ3v) is 4.91. The van der Waals surface area contributed by atoms with E-state index in [1.165, 1.54) is 0 Å². The molecular formula is C19H19Cl2NO4. The van der Waals surface area contributed by atoms with Crippen LogP contribution in [0.4, 0.5) is 0 Å². The number of carboxylic acid groups (broad SMARTS) is 1. The molecule has 1 fully saturated rings. The number of halogens is 2. The molecule has 138 valence electrons. The number of rotatable bonds is 6. The van der Waals surface area contributed by atoms with E-state index in [0.29, 0.717) is 35.5 Å². The molecule has 0 radical (unpaired) electrons. The van der Waals surface area contributed by atoms with Crippen LogP contribution in [0.3, 0.4) is 0 Å². The number of ether oxygens (including phenoxy) is 2. The largest absolute Gasteiger partial charge is 0.489 e. The lowest BCUT2D eigenvalue weighted by Crippen LogP contribution is -2.41. The zero-order valence-electron chi connectivity index (χ0n) is 14.0. The van der Waals surface area contributed by atoms with E-state index < -0.39 is 5.97 Å². The van der Waals surface area contributed by atoms with Crippen LogP contribution in [0.15, 0.2) is 42.5 Å². The summed E-state index contributed by atoms with van der Waals surface area (Å²) in [6, 6.07) is 12.9. The Kier molecular flexibility index (Phi) is 6.38. The smallest absolute Gasteiger partial charge is 0.317 e. The summed E-state index contributed by atoms with van der Waals surface area (Å²) < 4.78 is 11.5. The molecule has 1 aliphatic rings. The highest BCUT2D eigenvalue weighted by molar-refractivity contribution is 6.35. The van der Waals surface area contributed by atoms with E-state index in [1.807, 2.05) is 29.2 Å². The van der Waals surface area contributed by atoms with E-state index in [-0.39, 0.29) is 19.3 Å². The van der Waals surface area contributed by atoms with Crippen LogP contribution in [-0.4, -0.2) is 42.2 Å². The zero-order valence-corrected chi connectivity index (χ0v) is 15.5. The molecule has 5 nitrogen and oxygen atoms in total. The van der Waals surface area contributed by atoms with Gasteiger partial charge in [0.05, 0.1) is 19.3 Å². The van der Waals surface area contributed by atoms with Gasteiger partial charge in [0.25, 0.3) is 0 Å². The molecule has 2 aromatic rings. The molecule has 2 aromatic carbocycles. The van der Waals surface area contributed by atoms with Crippen molar-refractivity contribution in [1.29, 1.82) is 0 Å².